The number of benzene rings is 2. The second-order valence-corrected chi connectivity index (χ2v) is 18.6. The maximum absolute atomic E-state index is 2.56. The van der Waals surface area contributed by atoms with Crippen LogP contribution in [0.15, 0.2) is 60.2 Å². The first kappa shape index (κ1) is 18.2. The largest absolute Gasteiger partial charge is 1.00 e. The second-order valence-electron chi connectivity index (χ2n) is 7.15. The van der Waals surface area contributed by atoms with Gasteiger partial charge in [-0.15, -0.1) is 0 Å². The fourth-order valence-corrected chi connectivity index (χ4v) is 21.6. The maximum atomic E-state index is 2.56. The van der Waals surface area contributed by atoms with Crippen molar-refractivity contribution in [3.63, 3.8) is 0 Å². The SMILES string of the molecule is CC1=Cc2ccccc2[CH]1[Zr+2]1([CH]2C=Cc3ccccc32)[CH2][CH2]1.[Cl-].[Cl-]. The van der Waals surface area contributed by atoms with Crippen LogP contribution in [0.1, 0.15) is 36.4 Å². The second kappa shape index (κ2) is 6.60. The molecule has 0 radical (unpaired) electrons. The Morgan fingerprint density at radius 3 is 2.17 bits per heavy atom. The Balaban J connectivity index is 0.000000845. The van der Waals surface area contributed by atoms with Crippen molar-refractivity contribution >= 4 is 12.2 Å². The molecule has 2 aromatic carbocycles. The molecule has 0 aromatic heterocycles. The molecule has 0 spiro atoms. The van der Waals surface area contributed by atoms with E-state index in [-0.39, 0.29) is 24.8 Å². The number of hydrogen-bond acceptors (Lipinski definition) is 0. The Labute approximate surface area is 161 Å². The molecule has 0 nitrogen and oxygen atoms in total. The molecule has 1 saturated heterocycles. The van der Waals surface area contributed by atoms with E-state index in [1.165, 1.54) is 11.1 Å². The van der Waals surface area contributed by atoms with E-state index < -0.39 is 20.3 Å². The molecule has 3 heteroatoms. The van der Waals surface area contributed by atoms with E-state index in [1.54, 1.807) is 25.0 Å². The van der Waals surface area contributed by atoms with Crippen molar-refractivity contribution in [2.24, 2.45) is 0 Å². The summed E-state index contributed by atoms with van der Waals surface area (Å²) >= 11 is -2.19. The standard InChI is InChI=1S/C10H9.C9H7.C2H4.2ClH.Zr/c1-8-6-9-4-2-3-5-10(9)7-8;1-2-5-9-7-3-6-8(9)4-1;1-2;;;/h2-7H,1H3;1-7H;1-2H2;2*1H;/q;;;;;+2/p-2. The molecule has 1 fully saturated rings. The van der Waals surface area contributed by atoms with Crippen molar-refractivity contribution in [2.75, 3.05) is 0 Å². The van der Waals surface area contributed by atoms with Crippen LogP contribution in [0, 0.1) is 0 Å². The van der Waals surface area contributed by atoms with E-state index in [0.29, 0.717) is 0 Å². The average molecular weight is 435 g/mol. The molecule has 0 amide bonds. The molecular formula is C21H20Cl2Zr. The van der Waals surface area contributed by atoms with Crippen molar-refractivity contribution in [3.05, 3.63) is 82.4 Å². The smallest absolute Gasteiger partial charge is 1.00 e. The van der Waals surface area contributed by atoms with Crippen molar-refractivity contribution in [1.82, 2.24) is 0 Å². The molecule has 1 heterocycles. The average Bonchev–Trinajstić information content (AvgIpc) is 3.08. The number of allylic oxidation sites excluding steroid dienone is 2. The predicted molar refractivity (Wildman–Crippen MR) is 90.7 cm³/mol. The van der Waals surface area contributed by atoms with Crippen LogP contribution in [0.25, 0.3) is 12.2 Å². The van der Waals surface area contributed by atoms with Crippen LogP contribution in [-0.4, -0.2) is 0 Å². The van der Waals surface area contributed by atoms with Crippen LogP contribution >= 0.6 is 0 Å². The van der Waals surface area contributed by atoms with Crippen molar-refractivity contribution in [3.8, 4) is 0 Å². The van der Waals surface area contributed by atoms with E-state index in [4.69, 9.17) is 0 Å². The molecule has 1 aliphatic heterocycles. The third kappa shape index (κ3) is 2.52. The molecule has 3 aliphatic rings. The van der Waals surface area contributed by atoms with Crippen LogP contribution in [0.3, 0.4) is 0 Å². The van der Waals surface area contributed by atoms with E-state index in [1.807, 2.05) is 0 Å². The Hall–Kier alpha value is -0.617. The Kier molecular flexibility index (Phi) is 5.00. The van der Waals surface area contributed by atoms with Crippen LogP contribution < -0.4 is 24.8 Å². The van der Waals surface area contributed by atoms with Gasteiger partial charge < -0.3 is 24.8 Å². The quantitative estimate of drug-likeness (QED) is 0.621. The summed E-state index contributed by atoms with van der Waals surface area (Å²) in [6.45, 7) is 2.38. The molecule has 24 heavy (non-hydrogen) atoms. The molecule has 2 aliphatic carbocycles. The normalized spacial score (nSPS) is 23.0. The summed E-state index contributed by atoms with van der Waals surface area (Å²) in [6, 6.07) is 18.2. The van der Waals surface area contributed by atoms with Crippen LogP contribution in [0.2, 0.25) is 8.26 Å². The molecular weight excluding hydrogens is 414 g/mol. The molecule has 2 atom stereocenters. The van der Waals surface area contributed by atoms with Crippen molar-refractivity contribution in [1.29, 1.82) is 0 Å². The third-order valence-corrected chi connectivity index (χ3v) is 19.0. The van der Waals surface area contributed by atoms with Crippen LogP contribution in [0.4, 0.5) is 0 Å². The first-order chi connectivity index (χ1) is 10.8. The van der Waals surface area contributed by atoms with Crippen molar-refractivity contribution in [2.45, 2.75) is 22.4 Å². The summed E-state index contributed by atoms with van der Waals surface area (Å²) in [5.41, 5.74) is 7.89. The predicted octanol–water partition coefficient (Wildman–Crippen LogP) is -0.0752. The van der Waals surface area contributed by atoms with E-state index in [2.05, 4.69) is 73.7 Å². The molecule has 2 aromatic rings. The Morgan fingerprint density at radius 2 is 1.46 bits per heavy atom. The van der Waals surface area contributed by atoms with Gasteiger partial charge in [0.1, 0.15) is 0 Å². The van der Waals surface area contributed by atoms with Gasteiger partial charge in [0.2, 0.25) is 0 Å². The first-order valence-electron chi connectivity index (χ1n) is 8.34. The fourth-order valence-electron chi connectivity index (χ4n) is 4.92. The molecule has 0 saturated carbocycles. The maximum Gasteiger partial charge on any atom is -1.00 e. The summed E-state index contributed by atoms with van der Waals surface area (Å²) in [6.07, 6.45) is 7.40. The van der Waals surface area contributed by atoms with E-state index in [9.17, 15) is 0 Å². The molecule has 0 N–H and O–H groups in total. The summed E-state index contributed by atoms with van der Waals surface area (Å²) in [4.78, 5) is 0. The molecule has 0 bridgehead atoms. The van der Waals surface area contributed by atoms with Gasteiger partial charge in [-0.3, -0.25) is 0 Å². The summed E-state index contributed by atoms with van der Waals surface area (Å²) in [5, 5.41) is 0. The molecule has 5 rings (SSSR count). The Morgan fingerprint density at radius 1 is 0.833 bits per heavy atom. The zero-order valence-corrected chi connectivity index (χ0v) is 17.6. The zero-order chi connectivity index (χ0) is 14.7. The number of rotatable bonds is 2. The first-order valence-corrected chi connectivity index (χ1v) is 14.7. The van der Waals surface area contributed by atoms with Gasteiger partial charge in [-0.25, -0.2) is 0 Å². The van der Waals surface area contributed by atoms with Gasteiger partial charge in [0.05, 0.1) is 0 Å². The van der Waals surface area contributed by atoms with Gasteiger partial charge in [-0.1, -0.05) is 0 Å². The van der Waals surface area contributed by atoms with Gasteiger partial charge in [0.25, 0.3) is 0 Å². The van der Waals surface area contributed by atoms with E-state index in [0.717, 1.165) is 7.25 Å². The molecule has 122 valence electrons. The minimum absolute atomic E-state index is 0. The molecule has 2 unspecified atom stereocenters. The fraction of sp³-hybridized carbons (Fsp3) is 0.238. The summed E-state index contributed by atoms with van der Waals surface area (Å²) in [5.74, 6) is 0. The van der Waals surface area contributed by atoms with Crippen molar-refractivity contribution < 1.29 is 45.1 Å². The zero-order valence-electron chi connectivity index (χ0n) is 13.7. The monoisotopic (exact) mass is 432 g/mol. The number of hydrogen-bond donors (Lipinski definition) is 0. The van der Waals surface area contributed by atoms with Gasteiger partial charge in [-0.2, -0.15) is 0 Å². The number of fused-ring (bicyclic) bond motifs is 2. The minimum Gasteiger partial charge on any atom is -1.00 e. The number of halogens is 2. The summed E-state index contributed by atoms with van der Waals surface area (Å²) < 4.78 is 4.72. The topological polar surface area (TPSA) is 0 Å². The van der Waals surface area contributed by atoms with E-state index >= 15 is 0 Å². The minimum atomic E-state index is -2.19. The van der Waals surface area contributed by atoms with Gasteiger partial charge in [0, 0.05) is 0 Å². The summed E-state index contributed by atoms with van der Waals surface area (Å²) in [7, 11) is 0. The van der Waals surface area contributed by atoms with Gasteiger partial charge in [0.15, 0.2) is 0 Å². The Bertz CT molecular complexity index is 833. The third-order valence-electron chi connectivity index (χ3n) is 5.97. The van der Waals surface area contributed by atoms with Crippen LogP contribution in [0.5, 0.6) is 0 Å². The van der Waals surface area contributed by atoms with Gasteiger partial charge >= 0.3 is 137 Å². The van der Waals surface area contributed by atoms with Gasteiger partial charge in [-0.05, 0) is 0 Å². The van der Waals surface area contributed by atoms with Crippen LogP contribution in [-0.2, 0) is 20.3 Å².